The molecule has 2 N–H and O–H groups in total. The molecule has 0 aliphatic rings. The van der Waals surface area contributed by atoms with Gasteiger partial charge in [-0.25, -0.2) is 8.42 Å². The van der Waals surface area contributed by atoms with Crippen molar-refractivity contribution in [3.05, 3.63) is 34.2 Å². The summed E-state index contributed by atoms with van der Waals surface area (Å²) in [6.45, 7) is 1.94. The van der Waals surface area contributed by atoms with Crippen LogP contribution in [0.4, 0.5) is 0 Å². The molecule has 90 valence electrons. The van der Waals surface area contributed by atoms with Gasteiger partial charge in [0.15, 0.2) is 9.84 Å². The van der Waals surface area contributed by atoms with Gasteiger partial charge in [0.05, 0.1) is 5.75 Å². The van der Waals surface area contributed by atoms with E-state index in [0.717, 1.165) is 0 Å². The van der Waals surface area contributed by atoms with Crippen molar-refractivity contribution in [1.29, 1.82) is 0 Å². The molecule has 0 aliphatic carbocycles. The molecular formula is C10H16N2O3S. The van der Waals surface area contributed by atoms with Crippen LogP contribution in [-0.4, -0.2) is 24.5 Å². The van der Waals surface area contributed by atoms with Crippen molar-refractivity contribution < 1.29 is 8.42 Å². The second kappa shape index (κ2) is 5.27. The highest BCUT2D eigenvalue weighted by Gasteiger charge is 2.08. The Morgan fingerprint density at radius 1 is 1.44 bits per heavy atom. The van der Waals surface area contributed by atoms with Gasteiger partial charge in [0.25, 0.3) is 5.56 Å². The Hall–Kier alpha value is -1.14. The van der Waals surface area contributed by atoms with Crippen LogP contribution in [0.3, 0.4) is 0 Å². The summed E-state index contributed by atoms with van der Waals surface area (Å²) in [5.74, 6) is 0.0791. The molecule has 0 aliphatic heterocycles. The van der Waals surface area contributed by atoms with Crippen LogP contribution in [0.2, 0.25) is 0 Å². The van der Waals surface area contributed by atoms with Gasteiger partial charge in [-0.1, -0.05) is 13.0 Å². The minimum atomic E-state index is -3.04. The van der Waals surface area contributed by atoms with Crippen molar-refractivity contribution in [3.63, 3.8) is 0 Å². The van der Waals surface area contributed by atoms with Gasteiger partial charge < -0.3 is 10.3 Å². The predicted molar refractivity (Wildman–Crippen MR) is 62.9 cm³/mol. The number of hydrogen-bond acceptors (Lipinski definition) is 4. The van der Waals surface area contributed by atoms with E-state index in [4.69, 9.17) is 5.73 Å². The van der Waals surface area contributed by atoms with Gasteiger partial charge in [0.1, 0.15) is 0 Å². The van der Waals surface area contributed by atoms with Crippen molar-refractivity contribution in [2.45, 2.75) is 20.0 Å². The molecule has 1 heterocycles. The molecule has 0 atom stereocenters. The standard InChI is InChI=1S/C10H16N2O3S/c1-2-16(14,15)7-6-12-5-3-4-9(8-11)10(12)13/h3-5H,2,6-8,11H2,1H3. The van der Waals surface area contributed by atoms with Crippen molar-refractivity contribution in [2.75, 3.05) is 11.5 Å². The monoisotopic (exact) mass is 244 g/mol. The van der Waals surface area contributed by atoms with E-state index in [1.54, 1.807) is 25.3 Å². The molecule has 0 unspecified atom stereocenters. The van der Waals surface area contributed by atoms with E-state index in [1.165, 1.54) is 4.57 Å². The number of nitrogens with zero attached hydrogens (tertiary/aromatic N) is 1. The smallest absolute Gasteiger partial charge is 0.255 e. The largest absolute Gasteiger partial charge is 0.326 e. The fraction of sp³-hybridized carbons (Fsp3) is 0.500. The molecule has 1 aromatic heterocycles. The molecule has 0 bridgehead atoms. The van der Waals surface area contributed by atoms with Crippen LogP contribution in [0.1, 0.15) is 12.5 Å². The zero-order chi connectivity index (χ0) is 12.2. The second-order valence-electron chi connectivity index (χ2n) is 3.47. The second-order valence-corrected chi connectivity index (χ2v) is 5.95. The van der Waals surface area contributed by atoms with Crippen LogP contribution in [-0.2, 0) is 22.9 Å². The third kappa shape index (κ3) is 3.18. The van der Waals surface area contributed by atoms with Gasteiger partial charge in [-0.3, -0.25) is 4.79 Å². The number of rotatable bonds is 5. The van der Waals surface area contributed by atoms with Crippen LogP contribution in [0.25, 0.3) is 0 Å². The molecular weight excluding hydrogens is 228 g/mol. The molecule has 5 nitrogen and oxygen atoms in total. The number of nitrogens with two attached hydrogens (primary N) is 1. The maximum Gasteiger partial charge on any atom is 0.255 e. The highest BCUT2D eigenvalue weighted by molar-refractivity contribution is 7.91. The summed E-state index contributed by atoms with van der Waals surface area (Å²) >= 11 is 0. The van der Waals surface area contributed by atoms with E-state index in [1.807, 2.05) is 0 Å². The van der Waals surface area contributed by atoms with Crippen LogP contribution in [0, 0.1) is 0 Å². The normalized spacial score (nSPS) is 11.6. The first-order valence-electron chi connectivity index (χ1n) is 5.09. The predicted octanol–water partition coefficient (Wildman–Crippen LogP) is -0.258. The first-order valence-corrected chi connectivity index (χ1v) is 6.91. The number of aryl methyl sites for hydroxylation is 1. The van der Waals surface area contributed by atoms with Gasteiger partial charge in [-0.15, -0.1) is 0 Å². The van der Waals surface area contributed by atoms with Gasteiger partial charge in [-0.2, -0.15) is 0 Å². The van der Waals surface area contributed by atoms with Crippen molar-refractivity contribution >= 4 is 9.84 Å². The maximum atomic E-state index is 11.7. The summed E-state index contributed by atoms with van der Waals surface area (Å²) in [6.07, 6.45) is 1.58. The Bertz CT molecular complexity index is 505. The fourth-order valence-electron chi connectivity index (χ4n) is 1.30. The maximum absolute atomic E-state index is 11.7. The molecule has 0 saturated heterocycles. The van der Waals surface area contributed by atoms with Crippen LogP contribution < -0.4 is 11.3 Å². The molecule has 16 heavy (non-hydrogen) atoms. The zero-order valence-electron chi connectivity index (χ0n) is 9.22. The first-order chi connectivity index (χ1) is 7.50. The zero-order valence-corrected chi connectivity index (χ0v) is 10.0. The lowest BCUT2D eigenvalue weighted by atomic mass is 10.3. The van der Waals surface area contributed by atoms with Gasteiger partial charge in [0, 0.05) is 30.6 Å². The number of pyridine rings is 1. The lowest BCUT2D eigenvalue weighted by Gasteiger charge is -2.06. The molecule has 0 aromatic carbocycles. The molecule has 0 amide bonds. The Morgan fingerprint density at radius 3 is 2.69 bits per heavy atom. The SMILES string of the molecule is CCS(=O)(=O)CCn1cccc(CN)c1=O. The number of aromatic nitrogens is 1. The number of sulfone groups is 1. The molecule has 0 radical (unpaired) electrons. The average Bonchev–Trinajstić information content (AvgIpc) is 2.28. The Morgan fingerprint density at radius 2 is 2.12 bits per heavy atom. The van der Waals surface area contributed by atoms with Crippen molar-refractivity contribution in [2.24, 2.45) is 5.73 Å². The van der Waals surface area contributed by atoms with Gasteiger partial charge in [-0.05, 0) is 6.07 Å². The summed E-state index contributed by atoms with van der Waals surface area (Å²) in [4.78, 5) is 11.7. The van der Waals surface area contributed by atoms with Crippen LogP contribution in [0.15, 0.2) is 23.1 Å². The summed E-state index contributed by atoms with van der Waals surface area (Å²) in [5.41, 5.74) is 5.68. The van der Waals surface area contributed by atoms with Crippen molar-refractivity contribution in [1.82, 2.24) is 4.57 Å². The summed E-state index contributed by atoms with van der Waals surface area (Å²) in [6, 6.07) is 3.34. The van der Waals surface area contributed by atoms with E-state index in [9.17, 15) is 13.2 Å². The lowest BCUT2D eigenvalue weighted by molar-refractivity contribution is 0.588. The quantitative estimate of drug-likeness (QED) is 0.773. The van der Waals surface area contributed by atoms with E-state index >= 15 is 0 Å². The lowest BCUT2D eigenvalue weighted by Crippen LogP contribution is -2.27. The minimum Gasteiger partial charge on any atom is -0.326 e. The highest BCUT2D eigenvalue weighted by atomic mass is 32.2. The average molecular weight is 244 g/mol. The summed E-state index contributed by atoms with van der Waals surface area (Å²) in [5, 5.41) is 0. The van der Waals surface area contributed by atoms with E-state index in [2.05, 4.69) is 0 Å². The Labute approximate surface area is 94.8 Å². The Kier molecular flexibility index (Phi) is 4.26. The van der Waals surface area contributed by atoms with E-state index in [-0.39, 0.29) is 30.2 Å². The third-order valence-corrected chi connectivity index (χ3v) is 4.09. The van der Waals surface area contributed by atoms with Gasteiger partial charge in [0.2, 0.25) is 0 Å². The summed E-state index contributed by atoms with van der Waals surface area (Å²) in [7, 11) is -3.04. The molecule has 6 heteroatoms. The third-order valence-electron chi connectivity index (χ3n) is 2.40. The van der Waals surface area contributed by atoms with E-state index < -0.39 is 9.84 Å². The Balaban J connectivity index is 2.87. The molecule has 1 rings (SSSR count). The topological polar surface area (TPSA) is 82.2 Å². The highest BCUT2D eigenvalue weighted by Crippen LogP contribution is 1.94. The summed E-state index contributed by atoms with van der Waals surface area (Å²) < 4.78 is 24.0. The molecule has 0 fully saturated rings. The minimum absolute atomic E-state index is 0.0164. The van der Waals surface area contributed by atoms with Crippen molar-refractivity contribution in [3.8, 4) is 0 Å². The van der Waals surface area contributed by atoms with Crippen LogP contribution >= 0.6 is 0 Å². The first kappa shape index (κ1) is 12.9. The number of hydrogen-bond donors (Lipinski definition) is 1. The molecule has 0 spiro atoms. The van der Waals surface area contributed by atoms with E-state index in [0.29, 0.717) is 5.56 Å². The molecule has 1 aromatic rings. The van der Waals surface area contributed by atoms with Gasteiger partial charge >= 0.3 is 0 Å². The molecule has 0 saturated carbocycles. The van der Waals surface area contributed by atoms with Crippen LogP contribution in [0.5, 0.6) is 0 Å². The fourth-order valence-corrected chi connectivity index (χ4v) is 2.06.